The standard InChI is InChI=1S/C16H22O2/c1-15(2)7-8-16(3,4)13-9-11(10-14(17)18)5-6-12(13)15/h5-6,9H,7-8,10H2,1-4H3,(H,17,18)/p-1. The number of hydrogen-bond acceptors (Lipinski definition) is 2. The molecular formula is C16H21O2-. The van der Waals surface area contributed by atoms with Crippen molar-refractivity contribution < 1.29 is 9.90 Å². The zero-order valence-corrected chi connectivity index (χ0v) is 11.7. The maximum Gasteiger partial charge on any atom is 0.0458 e. The van der Waals surface area contributed by atoms with Gasteiger partial charge in [0, 0.05) is 12.4 Å². The monoisotopic (exact) mass is 245 g/mol. The molecule has 1 aliphatic rings. The number of benzene rings is 1. The summed E-state index contributed by atoms with van der Waals surface area (Å²) in [5.74, 6) is -1.01. The number of hydrogen-bond donors (Lipinski definition) is 0. The second-order valence-electron chi connectivity index (χ2n) is 6.70. The number of fused-ring (bicyclic) bond motifs is 1. The molecule has 2 heteroatoms. The van der Waals surface area contributed by atoms with Crippen LogP contribution in [-0.4, -0.2) is 5.97 Å². The fourth-order valence-electron chi connectivity index (χ4n) is 2.91. The summed E-state index contributed by atoms with van der Waals surface area (Å²) in [5, 5.41) is 10.7. The van der Waals surface area contributed by atoms with Crippen molar-refractivity contribution in [2.75, 3.05) is 0 Å². The zero-order chi connectivity index (χ0) is 13.6. The van der Waals surface area contributed by atoms with Crippen molar-refractivity contribution >= 4 is 5.97 Å². The van der Waals surface area contributed by atoms with Crippen LogP contribution < -0.4 is 5.11 Å². The van der Waals surface area contributed by atoms with Crippen molar-refractivity contribution in [3.05, 3.63) is 34.9 Å². The summed E-state index contributed by atoms with van der Waals surface area (Å²) in [5.41, 5.74) is 3.83. The number of rotatable bonds is 2. The van der Waals surface area contributed by atoms with E-state index in [-0.39, 0.29) is 17.3 Å². The van der Waals surface area contributed by atoms with Crippen LogP contribution in [-0.2, 0) is 22.0 Å². The van der Waals surface area contributed by atoms with Crippen molar-refractivity contribution in [1.29, 1.82) is 0 Å². The molecule has 98 valence electrons. The number of carboxylic acids is 1. The van der Waals surface area contributed by atoms with E-state index in [1.807, 2.05) is 6.07 Å². The molecule has 18 heavy (non-hydrogen) atoms. The van der Waals surface area contributed by atoms with E-state index in [9.17, 15) is 9.90 Å². The fraction of sp³-hybridized carbons (Fsp3) is 0.562. The Bertz CT molecular complexity index is 484. The van der Waals surface area contributed by atoms with Crippen molar-refractivity contribution in [3.8, 4) is 0 Å². The van der Waals surface area contributed by atoms with Crippen LogP contribution in [0.2, 0.25) is 0 Å². The molecule has 1 aromatic carbocycles. The van der Waals surface area contributed by atoms with Crippen molar-refractivity contribution in [3.63, 3.8) is 0 Å². The van der Waals surface area contributed by atoms with Crippen LogP contribution in [0.25, 0.3) is 0 Å². The maximum absolute atomic E-state index is 10.7. The molecule has 0 aliphatic heterocycles. The highest BCUT2D eigenvalue weighted by Gasteiger charge is 2.36. The Hall–Kier alpha value is -1.31. The van der Waals surface area contributed by atoms with Gasteiger partial charge in [-0.05, 0) is 40.4 Å². The molecule has 0 saturated heterocycles. The first-order valence-corrected chi connectivity index (χ1v) is 6.56. The van der Waals surface area contributed by atoms with Crippen molar-refractivity contribution in [2.24, 2.45) is 0 Å². The van der Waals surface area contributed by atoms with Crippen LogP contribution in [0, 0.1) is 0 Å². The van der Waals surface area contributed by atoms with E-state index in [2.05, 4.69) is 39.8 Å². The van der Waals surface area contributed by atoms with E-state index in [0.29, 0.717) is 0 Å². The lowest BCUT2D eigenvalue weighted by Gasteiger charge is -2.42. The number of aliphatic carboxylic acids is 1. The fourth-order valence-corrected chi connectivity index (χ4v) is 2.91. The lowest BCUT2D eigenvalue weighted by atomic mass is 9.63. The van der Waals surface area contributed by atoms with E-state index in [1.165, 1.54) is 17.5 Å². The SMILES string of the molecule is CC1(C)CCC(C)(C)c2cc(CC(=O)[O-])ccc21. The van der Waals surface area contributed by atoms with Gasteiger partial charge in [0.25, 0.3) is 0 Å². The van der Waals surface area contributed by atoms with Gasteiger partial charge in [-0.3, -0.25) is 0 Å². The molecule has 0 radical (unpaired) electrons. The zero-order valence-electron chi connectivity index (χ0n) is 11.7. The summed E-state index contributed by atoms with van der Waals surface area (Å²) in [6, 6.07) is 6.10. The number of carbonyl (C=O) groups excluding carboxylic acids is 1. The summed E-state index contributed by atoms with van der Waals surface area (Å²) < 4.78 is 0. The molecule has 0 unspecified atom stereocenters. The Kier molecular flexibility index (Phi) is 3.00. The molecule has 1 aliphatic carbocycles. The third-order valence-corrected chi connectivity index (χ3v) is 4.27. The van der Waals surface area contributed by atoms with Gasteiger partial charge in [-0.15, -0.1) is 0 Å². The Morgan fingerprint density at radius 1 is 1.11 bits per heavy atom. The Morgan fingerprint density at radius 3 is 2.22 bits per heavy atom. The van der Waals surface area contributed by atoms with Crippen molar-refractivity contribution in [2.45, 2.75) is 57.8 Å². The Morgan fingerprint density at radius 2 is 1.67 bits per heavy atom. The van der Waals surface area contributed by atoms with Gasteiger partial charge in [0.1, 0.15) is 0 Å². The minimum Gasteiger partial charge on any atom is -0.550 e. The van der Waals surface area contributed by atoms with Crippen LogP contribution in [0.15, 0.2) is 18.2 Å². The number of carbonyl (C=O) groups is 1. The van der Waals surface area contributed by atoms with Gasteiger partial charge < -0.3 is 9.90 Å². The summed E-state index contributed by atoms with van der Waals surface area (Å²) in [6.45, 7) is 9.01. The predicted molar refractivity (Wildman–Crippen MR) is 70.4 cm³/mol. The lowest BCUT2D eigenvalue weighted by Crippen LogP contribution is -2.34. The van der Waals surface area contributed by atoms with Gasteiger partial charge in [-0.1, -0.05) is 45.9 Å². The molecular weight excluding hydrogens is 224 g/mol. The molecule has 0 atom stereocenters. The molecule has 0 aromatic heterocycles. The van der Waals surface area contributed by atoms with Crippen LogP contribution >= 0.6 is 0 Å². The first kappa shape index (κ1) is 13.1. The minimum atomic E-state index is -1.01. The smallest absolute Gasteiger partial charge is 0.0458 e. The summed E-state index contributed by atoms with van der Waals surface area (Å²) in [7, 11) is 0. The molecule has 0 amide bonds. The average Bonchev–Trinajstić information content (AvgIpc) is 2.24. The topological polar surface area (TPSA) is 40.1 Å². The third kappa shape index (κ3) is 2.29. The van der Waals surface area contributed by atoms with E-state index < -0.39 is 5.97 Å². The highest BCUT2D eigenvalue weighted by atomic mass is 16.4. The van der Waals surface area contributed by atoms with Gasteiger partial charge in [-0.2, -0.15) is 0 Å². The molecule has 0 heterocycles. The van der Waals surface area contributed by atoms with E-state index in [0.717, 1.165) is 12.0 Å². The Labute approximate surface area is 109 Å². The van der Waals surface area contributed by atoms with Crippen LogP contribution in [0.3, 0.4) is 0 Å². The Balaban J connectivity index is 2.51. The second kappa shape index (κ2) is 4.11. The van der Waals surface area contributed by atoms with E-state index in [4.69, 9.17) is 0 Å². The van der Waals surface area contributed by atoms with Crippen LogP contribution in [0.5, 0.6) is 0 Å². The molecule has 0 fully saturated rings. The summed E-state index contributed by atoms with van der Waals surface area (Å²) >= 11 is 0. The molecule has 0 saturated carbocycles. The quantitative estimate of drug-likeness (QED) is 0.802. The normalized spacial score (nSPS) is 20.2. The van der Waals surface area contributed by atoms with Gasteiger partial charge in [0.2, 0.25) is 0 Å². The molecule has 2 rings (SSSR count). The maximum atomic E-state index is 10.7. The van der Waals surface area contributed by atoms with Crippen LogP contribution in [0.4, 0.5) is 0 Å². The van der Waals surface area contributed by atoms with E-state index in [1.54, 1.807) is 0 Å². The minimum absolute atomic E-state index is 0.00376. The van der Waals surface area contributed by atoms with E-state index >= 15 is 0 Å². The highest BCUT2D eigenvalue weighted by Crippen LogP contribution is 2.45. The summed E-state index contributed by atoms with van der Waals surface area (Å²) in [6.07, 6.45) is 2.32. The molecule has 1 aromatic rings. The lowest BCUT2D eigenvalue weighted by molar-refractivity contribution is -0.304. The van der Waals surface area contributed by atoms with Crippen LogP contribution in [0.1, 0.15) is 57.2 Å². The van der Waals surface area contributed by atoms with Gasteiger partial charge >= 0.3 is 0 Å². The molecule has 0 N–H and O–H groups in total. The average molecular weight is 245 g/mol. The first-order valence-electron chi connectivity index (χ1n) is 6.56. The summed E-state index contributed by atoms with van der Waals surface area (Å²) in [4.78, 5) is 10.7. The van der Waals surface area contributed by atoms with Gasteiger partial charge in [0.05, 0.1) is 0 Å². The largest absolute Gasteiger partial charge is 0.550 e. The number of carboxylic acid groups (broad SMARTS) is 1. The van der Waals surface area contributed by atoms with Gasteiger partial charge in [0.15, 0.2) is 0 Å². The predicted octanol–water partition coefficient (Wildman–Crippen LogP) is 2.33. The molecule has 0 spiro atoms. The second-order valence-corrected chi connectivity index (χ2v) is 6.70. The van der Waals surface area contributed by atoms with Gasteiger partial charge in [-0.25, -0.2) is 0 Å². The highest BCUT2D eigenvalue weighted by molar-refractivity contribution is 5.68. The third-order valence-electron chi connectivity index (χ3n) is 4.27. The first-order chi connectivity index (χ1) is 8.22. The molecule has 0 bridgehead atoms. The van der Waals surface area contributed by atoms with Crippen molar-refractivity contribution in [1.82, 2.24) is 0 Å². The molecule has 2 nitrogen and oxygen atoms in total.